The maximum absolute atomic E-state index is 13.7. The van der Waals surface area contributed by atoms with Crippen molar-refractivity contribution in [3.63, 3.8) is 0 Å². The first-order valence-electron chi connectivity index (χ1n) is 15.5. The van der Waals surface area contributed by atoms with Crippen LogP contribution in [0.25, 0.3) is 0 Å². The summed E-state index contributed by atoms with van der Waals surface area (Å²) in [6, 6.07) is 22.8. The third-order valence-corrected chi connectivity index (χ3v) is 10.3. The summed E-state index contributed by atoms with van der Waals surface area (Å²) >= 11 is 2.85. The van der Waals surface area contributed by atoms with Gasteiger partial charge in [0.2, 0.25) is 5.91 Å². The molecule has 9 nitrogen and oxygen atoms in total. The van der Waals surface area contributed by atoms with Crippen LogP contribution in [0.4, 0.5) is 10.7 Å². The van der Waals surface area contributed by atoms with Crippen LogP contribution in [0, 0.1) is 0 Å². The second-order valence-electron chi connectivity index (χ2n) is 10.9. The molecule has 2 N–H and O–H groups in total. The highest BCUT2D eigenvalue weighted by atomic mass is 32.2. The van der Waals surface area contributed by atoms with E-state index in [1.807, 2.05) is 43.3 Å². The van der Waals surface area contributed by atoms with E-state index in [1.54, 1.807) is 31.2 Å². The quantitative estimate of drug-likeness (QED) is 0.113. The van der Waals surface area contributed by atoms with Crippen molar-refractivity contribution in [1.29, 1.82) is 0 Å². The van der Waals surface area contributed by atoms with Gasteiger partial charge in [-0.1, -0.05) is 49.4 Å². The maximum Gasteiger partial charge on any atom is 0.341 e. The number of nitrogens with one attached hydrogen (secondary N) is 2. The molecular formula is C36H39N3O6S2. The Kier molecular flexibility index (Phi) is 11.6. The normalized spacial score (nSPS) is 13.3. The molecule has 4 aromatic rings. The minimum atomic E-state index is -0.445. The van der Waals surface area contributed by atoms with E-state index in [0.717, 1.165) is 28.4 Å². The van der Waals surface area contributed by atoms with Crippen LogP contribution < -0.4 is 20.1 Å². The summed E-state index contributed by atoms with van der Waals surface area (Å²) in [5.41, 5.74) is 3.52. The number of ether oxygens (including phenoxy) is 3. The van der Waals surface area contributed by atoms with Crippen molar-refractivity contribution >= 4 is 51.6 Å². The van der Waals surface area contributed by atoms with Gasteiger partial charge in [-0.2, -0.15) is 0 Å². The Labute approximate surface area is 283 Å². The number of hydrogen-bond donors (Lipinski definition) is 2. The lowest BCUT2D eigenvalue weighted by atomic mass is 10.0. The lowest BCUT2D eigenvalue weighted by Crippen LogP contribution is -2.30. The van der Waals surface area contributed by atoms with E-state index in [9.17, 15) is 14.4 Å². The van der Waals surface area contributed by atoms with Gasteiger partial charge < -0.3 is 24.8 Å². The molecule has 0 radical (unpaired) electrons. The van der Waals surface area contributed by atoms with Gasteiger partial charge in [0.05, 0.1) is 31.6 Å². The van der Waals surface area contributed by atoms with Gasteiger partial charge in [0, 0.05) is 35.1 Å². The molecule has 1 aromatic heterocycles. The number of carbonyl (C=O) groups excluding carboxylic acids is 3. The lowest BCUT2D eigenvalue weighted by molar-refractivity contribution is -0.115. The van der Waals surface area contributed by atoms with Gasteiger partial charge in [-0.05, 0) is 61.2 Å². The van der Waals surface area contributed by atoms with Gasteiger partial charge in [-0.25, -0.2) is 4.79 Å². The highest BCUT2D eigenvalue weighted by molar-refractivity contribution is 8.00. The van der Waals surface area contributed by atoms with Gasteiger partial charge in [-0.15, -0.1) is 23.1 Å². The van der Waals surface area contributed by atoms with E-state index < -0.39 is 11.2 Å². The van der Waals surface area contributed by atoms with Gasteiger partial charge in [-0.3, -0.25) is 14.5 Å². The number of benzene rings is 3. The predicted molar refractivity (Wildman–Crippen MR) is 187 cm³/mol. The topological polar surface area (TPSA) is 106 Å². The first-order chi connectivity index (χ1) is 22.8. The summed E-state index contributed by atoms with van der Waals surface area (Å²) in [6.07, 6.45) is 1.25. The van der Waals surface area contributed by atoms with Gasteiger partial charge >= 0.3 is 5.97 Å². The molecule has 0 spiro atoms. The minimum Gasteiger partial charge on any atom is -0.496 e. The molecule has 1 aliphatic rings. The molecule has 11 heteroatoms. The van der Waals surface area contributed by atoms with Crippen LogP contribution >= 0.6 is 23.1 Å². The van der Waals surface area contributed by atoms with E-state index in [4.69, 9.17) is 14.2 Å². The third kappa shape index (κ3) is 8.16. The number of esters is 1. The Balaban J connectivity index is 1.31. The summed E-state index contributed by atoms with van der Waals surface area (Å²) in [6.45, 7) is 6.30. The number of thioether (sulfide) groups is 1. The second-order valence-corrected chi connectivity index (χ2v) is 13.3. The smallest absolute Gasteiger partial charge is 0.341 e. The predicted octanol–water partition coefficient (Wildman–Crippen LogP) is 7.26. The zero-order valence-electron chi connectivity index (χ0n) is 27.0. The molecule has 0 bridgehead atoms. The number of nitrogens with zero attached hydrogens (tertiary/aromatic N) is 1. The first kappa shape index (κ1) is 34.0. The molecule has 2 heterocycles. The average molecular weight is 674 g/mol. The fraction of sp³-hybridized carbons (Fsp3) is 0.306. The highest BCUT2D eigenvalue weighted by Gasteiger charge is 2.31. The summed E-state index contributed by atoms with van der Waals surface area (Å²) in [7, 11) is 3.00. The van der Waals surface area contributed by atoms with Crippen LogP contribution in [-0.4, -0.2) is 55.3 Å². The number of hydrogen-bond acceptors (Lipinski definition) is 9. The van der Waals surface area contributed by atoms with Crippen molar-refractivity contribution in [2.24, 2.45) is 0 Å². The Morgan fingerprint density at radius 1 is 0.915 bits per heavy atom. The van der Waals surface area contributed by atoms with Crippen molar-refractivity contribution in [3.8, 4) is 11.5 Å². The van der Waals surface area contributed by atoms with Crippen LogP contribution in [0.2, 0.25) is 0 Å². The Morgan fingerprint density at radius 3 is 2.32 bits per heavy atom. The summed E-state index contributed by atoms with van der Waals surface area (Å²) < 4.78 is 16.2. The van der Waals surface area contributed by atoms with Crippen LogP contribution in [0.3, 0.4) is 0 Å². The van der Waals surface area contributed by atoms with Gasteiger partial charge in [0.1, 0.15) is 22.1 Å². The zero-order valence-corrected chi connectivity index (χ0v) is 28.6. The summed E-state index contributed by atoms with van der Waals surface area (Å²) in [5, 5.41) is 6.09. The largest absolute Gasteiger partial charge is 0.496 e. The van der Waals surface area contributed by atoms with E-state index in [-0.39, 0.29) is 18.4 Å². The summed E-state index contributed by atoms with van der Waals surface area (Å²) in [4.78, 5) is 44.3. The molecule has 1 unspecified atom stereocenters. The number of fused-ring (bicyclic) bond motifs is 1. The molecular weight excluding hydrogens is 635 g/mol. The van der Waals surface area contributed by atoms with Crippen LogP contribution in [-0.2, 0) is 29.0 Å². The number of rotatable bonds is 13. The zero-order chi connectivity index (χ0) is 33.3. The average Bonchev–Trinajstić information content (AvgIpc) is 3.44. The van der Waals surface area contributed by atoms with E-state index in [2.05, 4.69) is 27.7 Å². The molecule has 0 aliphatic carbocycles. The molecule has 246 valence electrons. The Bertz CT molecular complexity index is 1700. The van der Waals surface area contributed by atoms with Gasteiger partial charge in [0.15, 0.2) is 0 Å². The van der Waals surface area contributed by atoms with E-state index in [1.165, 1.54) is 42.9 Å². The minimum absolute atomic E-state index is 0.198. The van der Waals surface area contributed by atoms with Gasteiger partial charge in [0.25, 0.3) is 5.91 Å². The van der Waals surface area contributed by atoms with Crippen molar-refractivity contribution < 1.29 is 28.6 Å². The third-order valence-electron chi connectivity index (χ3n) is 7.79. The molecule has 1 aliphatic heterocycles. The number of thiophene rings is 1. The van der Waals surface area contributed by atoms with Crippen LogP contribution in [0.1, 0.15) is 57.0 Å². The van der Waals surface area contributed by atoms with Crippen molar-refractivity contribution in [3.05, 3.63) is 99.9 Å². The molecule has 3 aromatic carbocycles. The Hall–Kier alpha value is -4.32. The molecule has 47 heavy (non-hydrogen) atoms. The molecule has 5 rings (SSSR count). The Morgan fingerprint density at radius 2 is 1.64 bits per heavy atom. The fourth-order valence-electron chi connectivity index (χ4n) is 5.53. The number of amides is 2. The first-order valence-corrected chi connectivity index (χ1v) is 17.2. The molecule has 1 atom stereocenters. The van der Waals surface area contributed by atoms with Crippen molar-refractivity contribution in [2.45, 2.75) is 49.9 Å². The molecule has 0 fully saturated rings. The van der Waals surface area contributed by atoms with Crippen molar-refractivity contribution in [2.75, 3.05) is 38.0 Å². The van der Waals surface area contributed by atoms with E-state index >= 15 is 0 Å². The molecule has 0 saturated heterocycles. The highest BCUT2D eigenvalue weighted by Crippen LogP contribution is 2.39. The standard InChI is InChI=1S/C36H39N3O6S2/c1-5-29(46-25-15-10-14-24(20-25)37-34(41)32-27(43-3)16-11-17-28(32)44-4)33(40)38-35-31(36(42)45-6-2)26-18-19-39(22-30(26)47-35)21-23-12-8-7-9-13-23/h7-17,20,29H,5-6,18-19,21-22H2,1-4H3,(H,37,41)(H,38,40). The lowest BCUT2D eigenvalue weighted by Gasteiger charge is -2.27. The molecule has 0 saturated carbocycles. The van der Waals surface area contributed by atoms with Crippen molar-refractivity contribution in [1.82, 2.24) is 4.90 Å². The fourth-order valence-corrected chi connectivity index (χ4v) is 7.83. The monoisotopic (exact) mass is 673 g/mol. The number of methoxy groups -OCH3 is 2. The maximum atomic E-state index is 13.7. The van der Waals surface area contributed by atoms with E-state index in [0.29, 0.717) is 52.7 Å². The summed E-state index contributed by atoms with van der Waals surface area (Å²) in [5.74, 6) is -0.182. The number of carbonyl (C=O) groups is 3. The SMILES string of the molecule is CCOC(=O)c1c(NC(=O)C(CC)Sc2cccc(NC(=O)c3c(OC)cccc3OC)c2)sc2c1CCN(Cc1ccccc1)C2. The second kappa shape index (κ2) is 16.0. The van der Waals surface area contributed by atoms with Crippen LogP contribution in [0.15, 0.2) is 77.7 Å². The van der Waals surface area contributed by atoms with Crippen LogP contribution in [0.5, 0.6) is 11.5 Å². The molecule has 2 amide bonds. The number of anilines is 2.